The summed E-state index contributed by atoms with van der Waals surface area (Å²) in [5, 5.41) is 25.9. The minimum atomic E-state index is -0.634. The Labute approximate surface area is 153 Å². The van der Waals surface area contributed by atoms with E-state index in [1.165, 1.54) is 18.2 Å². The molecular weight excluding hydrogens is 366 g/mol. The number of hydrogen-bond donors (Lipinski definition) is 3. The van der Waals surface area contributed by atoms with Crippen molar-refractivity contribution in [3.8, 4) is 5.75 Å². The van der Waals surface area contributed by atoms with Crippen LogP contribution in [0.4, 0.5) is 11.4 Å². The van der Waals surface area contributed by atoms with Crippen molar-refractivity contribution in [2.45, 2.75) is 0 Å². The van der Waals surface area contributed by atoms with Crippen molar-refractivity contribution in [2.24, 2.45) is 0 Å². The number of rotatable bonds is 4. The summed E-state index contributed by atoms with van der Waals surface area (Å²) < 4.78 is 0. The average Bonchev–Trinajstić information content (AvgIpc) is 2.56. The van der Waals surface area contributed by atoms with E-state index in [9.17, 15) is 20.0 Å². The molecule has 0 aliphatic carbocycles. The van der Waals surface area contributed by atoms with Crippen LogP contribution in [0.15, 0.2) is 48.5 Å². The fraction of sp³-hybridized carbons (Fsp3) is 0. The first-order valence-corrected chi connectivity index (χ1v) is 7.67. The zero-order valence-corrected chi connectivity index (χ0v) is 14.2. The number of aromatic hydroxyl groups is 1. The van der Waals surface area contributed by atoms with Gasteiger partial charge in [-0.1, -0.05) is 23.7 Å². The molecule has 0 spiro atoms. The lowest BCUT2D eigenvalue weighted by atomic mass is 10.2. The fourth-order valence-electron chi connectivity index (χ4n) is 1.79. The molecule has 128 valence electrons. The van der Waals surface area contributed by atoms with E-state index >= 15 is 0 Å². The highest BCUT2D eigenvalue weighted by molar-refractivity contribution is 7.80. The van der Waals surface area contributed by atoms with Gasteiger partial charge in [0.05, 0.1) is 16.7 Å². The maximum atomic E-state index is 11.8. The summed E-state index contributed by atoms with van der Waals surface area (Å²) >= 11 is 10.7. The number of nitrogens with one attached hydrogen (secondary N) is 2. The predicted molar refractivity (Wildman–Crippen MR) is 99.6 cm³/mol. The first-order chi connectivity index (χ1) is 11.8. The second-order valence-corrected chi connectivity index (χ2v) is 5.63. The first-order valence-electron chi connectivity index (χ1n) is 6.88. The van der Waals surface area contributed by atoms with Gasteiger partial charge in [0.15, 0.2) is 5.11 Å². The third-order valence-corrected chi connectivity index (χ3v) is 3.43. The van der Waals surface area contributed by atoms with Gasteiger partial charge in [-0.2, -0.15) is 0 Å². The smallest absolute Gasteiger partial charge is 0.273 e. The number of non-ortho nitro benzene ring substituents is 1. The molecule has 0 saturated carbocycles. The van der Waals surface area contributed by atoms with Crippen molar-refractivity contribution in [2.75, 3.05) is 5.32 Å². The highest BCUT2D eigenvalue weighted by Gasteiger charge is 2.11. The van der Waals surface area contributed by atoms with Crippen LogP contribution in [-0.2, 0) is 4.79 Å². The zero-order valence-electron chi connectivity index (χ0n) is 12.6. The third kappa shape index (κ3) is 5.55. The summed E-state index contributed by atoms with van der Waals surface area (Å²) in [5.41, 5.74) is 0.660. The molecular formula is C16H12ClN3O4S. The van der Waals surface area contributed by atoms with Crippen LogP contribution >= 0.6 is 23.8 Å². The zero-order chi connectivity index (χ0) is 18.4. The molecule has 0 saturated heterocycles. The van der Waals surface area contributed by atoms with Crippen LogP contribution in [0, 0.1) is 10.1 Å². The van der Waals surface area contributed by atoms with Crippen LogP contribution in [0.3, 0.4) is 0 Å². The van der Waals surface area contributed by atoms with E-state index in [-0.39, 0.29) is 22.2 Å². The molecule has 0 heterocycles. The van der Waals surface area contributed by atoms with Crippen molar-refractivity contribution in [3.63, 3.8) is 0 Å². The molecule has 25 heavy (non-hydrogen) atoms. The number of halogens is 1. The van der Waals surface area contributed by atoms with E-state index in [4.69, 9.17) is 23.8 Å². The summed E-state index contributed by atoms with van der Waals surface area (Å²) in [7, 11) is 0. The maximum absolute atomic E-state index is 11.8. The van der Waals surface area contributed by atoms with E-state index in [2.05, 4.69) is 10.6 Å². The normalized spacial score (nSPS) is 10.4. The molecule has 0 aliphatic rings. The molecule has 0 unspecified atom stereocenters. The van der Waals surface area contributed by atoms with Gasteiger partial charge >= 0.3 is 0 Å². The molecule has 2 rings (SSSR count). The van der Waals surface area contributed by atoms with Crippen LogP contribution < -0.4 is 10.6 Å². The van der Waals surface area contributed by atoms with Crippen molar-refractivity contribution in [1.82, 2.24) is 5.32 Å². The molecule has 0 aliphatic heterocycles. The van der Waals surface area contributed by atoms with E-state index in [0.29, 0.717) is 5.02 Å². The minimum absolute atomic E-state index is 0.0603. The van der Waals surface area contributed by atoms with Crippen molar-refractivity contribution in [1.29, 1.82) is 0 Å². The molecule has 0 radical (unpaired) electrons. The van der Waals surface area contributed by atoms with E-state index in [1.807, 2.05) is 0 Å². The largest absolute Gasteiger partial charge is 0.506 e. The number of nitro groups is 1. The number of carbonyl (C=O) groups excluding carboxylic acids is 1. The van der Waals surface area contributed by atoms with Crippen molar-refractivity contribution in [3.05, 3.63) is 69.2 Å². The maximum Gasteiger partial charge on any atom is 0.273 e. The van der Waals surface area contributed by atoms with Crippen LogP contribution in [-0.4, -0.2) is 21.0 Å². The SMILES string of the molecule is O=C(/C=C/c1ccc(Cl)cc1)NC(=S)Nc1ccc([N+](=O)[O-])cc1O. The summed E-state index contributed by atoms with van der Waals surface area (Å²) in [4.78, 5) is 21.8. The average molecular weight is 378 g/mol. The lowest BCUT2D eigenvalue weighted by Gasteiger charge is -2.09. The molecule has 7 nitrogen and oxygen atoms in total. The Hall–Kier alpha value is -2.97. The van der Waals surface area contributed by atoms with E-state index < -0.39 is 10.8 Å². The number of amides is 1. The Bertz CT molecular complexity index is 853. The molecule has 2 aromatic rings. The number of hydrogen-bond acceptors (Lipinski definition) is 5. The molecule has 3 N–H and O–H groups in total. The number of nitro benzene ring substituents is 1. The second kappa shape index (κ2) is 8.22. The Morgan fingerprint density at radius 2 is 1.92 bits per heavy atom. The van der Waals surface area contributed by atoms with Gasteiger partial charge in [0.1, 0.15) is 5.75 Å². The molecule has 9 heteroatoms. The number of carbonyl (C=O) groups is 1. The highest BCUT2D eigenvalue weighted by atomic mass is 35.5. The number of benzene rings is 2. The van der Waals surface area contributed by atoms with Crippen molar-refractivity contribution < 1.29 is 14.8 Å². The molecule has 0 fully saturated rings. The fourth-order valence-corrected chi connectivity index (χ4v) is 2.13. The van der Waals surface area contributed by atoms with Crippen molar-refractivity contribution >= 4 is 52.3 Å². The first kappa shape index (κ1) is 18.4. The van der Waals surface area contributed by atoms with E-state index in [1.54, 1.807) is 30.3 Å². The molecule has 0 atom stereocenters. The lowest BCUT2D eigenvalue weighted by molar-refractivity contribution is -0.384. The van der Waals surface area contributed by atoms with Crippen LogP contribution in [0.2, 0.25) is 5.02 Å². The van der Waals surface area contributed by atoms with Gasteiger partial charge in [-0.3, -0.25) is 20.2 Å². The van der Waals surface area contributed by atoms with Crippen LogP contribution in [0.1, 0.15) is 5.56 Å². The summed E-state index contributed by atoms with van der Waals surface area (Å²) in [6, 6.07) is 10.4. The van der Waals surface area contributed by atoms with E-state index in [0.717, 1.165) is 11.6 Å². The Morgan fingerprint density at radius 3 is 2.52 bits per heavy atom. The standard InChI is InChI=1S/C16H12ClN3O4S/c17-11-4-1-10(2-5-11)3-8-15(22)19-16(25)18-13-7-6-12(20(23)24)9-14(13)21/h1-9,21H,(H2,18,19,22,25)/b8-3+. The van der Waals surface area contributed by atoms with Crippen LogP contribution in [0.5, 0.6) is 5.75 Å². The van der Waals surface area contributed by atoms with Gasteiger partial charge in [-0.15, -0.1) is 0 Å². The molecule has 0 bridgehead atoms. The lowest BCUT2D eigenvalue weighted by Crippen LogP contribution is -2.32. The molecule has 1 amide bonds. The third-order valence-electron chi connectivity index (χ3n) is 2.97. The topological polar surface area (TPSA) is 104 Å². The Morgan fingerprint density at radius 1 is 1.24 bits per heavy atom. The predicted octanol–water partition coefficient (Wildman–Crippen LogP) is 3.48. The van der Waals surface area contributed by atoms with Gasteiger partial charge in [0.25, 0.3) is 5.69 Å². The molecule has 0 aromatic heterocycles. The number of thiocarbonyl (C=S) groups is 1. The highest BCUT2D eigenvalue weighted by Crippen LogP contribution is 2.27. The summed E-state index contributed by atoms with van der Waals surface area (Å²) in [6.07, 6.45) is 2.87. The number of phenols is 1. The number of nitrogens with zero attached hydrogens (tertiary/aromatic N) is 1. The quantitative estimate of drug-likeness (QED) is 0.248. The van der Waals surface area contributed by atoms with Gasteiger partial charge < -0.3 is 10.4 Å². The minimum Gasteiger partial charge on any atom is -0.506 e. The molecule has 2 aromatic carbocycles. The van der Waals surface area contributed by atoms with Gasteiger partial charge in [0.2, 0.25) is 5.91 Å². The van der Waals surface area contributed by atoms with Gasteiger partial charge in [-0.05, 0) is 42.1 Å². The summed E-state index contributed by atoms with van der Waals surface area (Å²) in [6.45, 7) is 0. The van der Waals surface area contributed by atoms with Gasteiger partial charge in [0, 0.05) is 17.2 Å². The Balaban J connectivity index is 1.94. The summed E-state index contributed by atoms with van der Waals surface area (Å²) in [5.74, 6) is -0.837. The second-order valence-electron chi connectivity index (χ2n) is 4.79. The monoisotopic (exact) mass is 377 g/mol. The Kier molecular flexibility index (Phi) is 6.04. The van der Waals surface area contributed by atoms with Crippen LogP contribution in [0.25, 0.3) is 6.08 Å². The van der Waals surface area contributed by atoms with Gasteiger partial charge in [-0.25, -0.2) is 0 Å². The number of phenolic OH excluding ortho intramolecular Hbond substituents is 1. The number of anilines is 1.